The van der Waals surface area contributed by atoms with Crippen molar-refractivity contribution in [1.82, 2.24) is 9.88 Å². The minimum absolute atomic E-state index is 0.0426. The van der Waals surface area contributed by atoms with Gasteiger partial charge in [-0.05, 0) is 38.1 Å². The van der Waals surface area contributed by atoms with Crippen LogP contribution in [0.15, 0.2) is 48.7 Å². The van der Waals surface area contributed by atoms with Crippen molar-refractivity contribution >= 4 is 17.0 Å². The molecule has 3 aromatic rings. The van der Waals surface area contributed by atoms with Gasteiger partial charge in [0, 0.05) is 48.6 Å². The van der Waals surface area contributed by atoms with E-state index in [1.54, 1.807) is 29.3 Å². The molecule has 2 aromatic carbocycles. The fraction of sp³-hybridized carbons (Fsp3) is 0.320. The number of fused-ring (bicyclic) bond motifs is 1. The SMILES string of the molecule is CC(C)OC(=O)N1CCC(Oc2ccnc3c(-c4ccc(C#N)cc4F)cccc23)CC1. The second kappa shape index (κ2) is 9.23. The number of halogens is 1. The van der Waals surface area contributed by atoms with Crippen LogP contribution in [0.3, 0.4) is 0 Å². The molecule has 7 heteroatoms. The molecule has 4 rings (SSSR count). The summed E-state index contributed by atoms with van der Waals surface area (Å²) in [5, 5.41) is 9.79. The third kappa shape index (κ3) is 4.50. The van der Waals surface area contributed by atoms with Crippen LogP contribution in [0.5, 0.6) is 5.75 Å². The van der Waals surface area contributed by atoms with Crippen LogP contribution in [0.25, 0.3) is 22.0 Å². The predicted octanol–water partition coefficient (Wildman–Crippen LogP) is 5.30. The predicted molar refractivity (Wildman–Crippen MR) is 119 cm³/mol. The Kier molecular flexibility index (Phi) is 6.22. The number of para-hydroxylation sites is 1. The Labute approximate surface area is 186 Å². The summed E-state index contributed by atoms with van der Waals surface area (Å²) in [6, 6.07) is 13.7. The molecular weight excluding hydrogens is 409 g/mol. The van der Waals surface area contributed by atoms with E-state index in [-0.39, 0.29) is 23.9 Å². The van der Waals surface area contributed by atoms with Gasteiger partial charge in [-0.25, -0.2) is 9.18 Å². The van der Waals surface area contributed by atoms with Gasteiger partial charge in [-0.15, -0.1) is 0 Å². The Bertz CT molecular complexity index is 1180. The molecule has 0 atom stereocenters. The van der Waals surface area contributed by atoms with E-state index in [4.69, 9.17) is 14.7 Å². The maximum atomic E-state index is 14.7. The van der Waals surface area contributed by atoms with E-state index in [2.05, 4.69) is 4.98 Å². The van der Waals surface area contributed by atoms with E-state index < -0.39 is 5.82 Å². The molecule has 164 valence electrons. The van der Waals surface area contributed by atoms with E-state index in [1.807, 2.05) is 38.1 Å². The molecular formula is C25H24FN3O3. The molecule has 0 saturated carbocycles. The van der Waals surface area contributed by atoms with Crippen LogP contribution in [0.4, 0.5) is 9.18 Å². The highest BCUT2D eigenvalue weighted by atomic mass is 19.1. The molecule has 0 aliphatic carbocycles. The molecule has 1 saturated heterocycles. The number of carbonyl (C=O) groups excluding carboxylic acids is 1. The van der Waals surface area contributed by atoms with E-state index in [0.29, 0.717) is 48.3 Å². The Morgan fingerprint density at radius 1 is 1.19 bits per heavy atom. The maximum absolute atomic E-state index is 14.7. The van der Waals surface area contributed by atoms with Gasteiger partial charge in [0.2, 0.25) is 0 Å². The maximum Gasteiger partial charge on any atom is 0.410 e. The van der Waals surface area contributed by atoms with Crippen molar-refractivity contribution in [3.8, 4) is 22.9 Å². The summed E-state index contributed by atoms with van der Waals surface area (Å²) in [7, 11) is 0. The highest BCUT2D eigenvalue weighted by molar-refractivity contribution is 5.97. The standard InChI is InChI=1S/C25H24FN3O3/c1-16(2)31-25(30)29-12-9-18(10-13-29)32-23-8-11-28-24-20(4-3-5-21(23)24)19-7-6-17(15-27)14-22(19)26/h3-8,11,14,16,18H,9-10,12-13H2,1-2H3. The molecule has 0 spiro atoms. The van der Waals surface area contributed by atoms with E-state index in [1.165, 1.54) is 6.07 Å². The zero-order valence-corrected chi connectivity index (χ0v) is 18.0. The quantitative estimate of drug-likeness (QED) is 0.558. The first-order valence-corrected chi connectivity index (χ1v) is 10.7. The molecule has 6 nitrogen and oxygen atoms in total. The van der Waals surface area contributed by atoms with Crippen LogP contribution in [0.1, 0.15) is 32.3 Å². The molecule has 32 heavy (non-hydrogen) atoms. The lowest BCUT2D eigenvalue weighted by Gasteiger charge is -2.32. The second-order valence-corrected chi connectivity index (χ2v) is 8.05. The van der Waals surface area contributed by atoms with Crippen LogP contribution in [0.2, 0.25) is 0 Å². The molecule has 0 bridgehead atoms. The van der Waals surface area contributed by atoms with Crippen molar-refractivity contribution in [2.75, 3.05) is 13.1 Å². The normalized spacial score (nSPS) is 14.4. The van der Waals surface area contributed by atoms with Crippen LogP contribution in [-0.2, 0) is 4.74 Å². The number of ether oxygens (including phenoxy) is 2. The number of carbonyl (C=O) groups is 1. The smallest absolute Gasteiger partial charge is 0.410 e. The number of aromatic nitrogens is 1. The Balaban J connectivity index is 1.55. The van der Waals surface area contributed by atoms with Gasteiger partial charge in [0.1, 0.15) is 17.7 Å². The molecule has 2 heterocycles. The van der Waals surface area contributed by atoms with Crippen LogP contribution < -0.4 is 4.74 Å². The van der Waals surface area contributed by atoms with Crippen molar-refractivity contribution in [2.24, 2.45) is 0 Å². The molecule has 1 aliphatic heterocycles. The van der Waals surface area contributed by atoms with Crippen LogP contribution in [-0.4, -0.2) is 41.3 Å². The zero-order valence-electron chi connectivity index (χ0n) is 18.0. The lowest BCUT2D eigenvalue weighted by Crippen LogP contribution is -2.42. The van der Waals surface area contributed by atoms with Gasteiger partial charge in [-0.2, -0.15) is 5.26 Å². The molecule has 1 fully saturated rings. The lowest BCUT2D eigenvalue weighted by atomic mass is 10.00. The number of nitrogens with zero attached hydrogens (tertiary/aromatic N) is 3. The van der Waals surface area contributed by atoms with Crippen LogP contribution in [0, 0.1) is 17.1 Å². The minimum atomic E-state index is -0.467. The molecule has 0 radical (unpaired) electrons. The molecule has 0 unspecified atom stereocenters. The second-order valence-electron chi connectivity index (χ2n) is 8.05. The number of benzene rings is 2. The van der Waals surface area contributed by atoms with Crippen molar-refractivity contribution in [3.05, 3.63) is 60.0 Å². The number of amides is 1. The Morgan fingerprint density at radius 3 is 2.66 bits per heavy atom. The Hall–Kier alpha value is -3.66. The summed E-state index contributed by atoms with van der Waals surface area (Å²) < 4.78 is 26.2. The monoisotopic (exact) mass is 433 g/mol. The van der Waals surface area contributed by atoms with Gasteiger partial charge in [-0.1, -0.05) is 18.2 Å². The molecule has 1 amide bonds. The number of nitriles is 1. The summed E-state index contributed by atoms with van der Waals surface area (Å²) in [4.78, 5) is 18.3. The van der Waals surface area contributed by atoms with Gasteiger partial charge in [0.25, 0.3) is 0 Å². The fourth-order valence-corrected chi connectivity index (χ4v) is 3.89. The van der Waals surface area contributed by atoms with E-state index in [9.17, 15) is 9.18 Å². The third-order valence-electron chi connectivity index (χ3n) is 5.45. The average Bonchev–Trinajstić information content (AvgIpc) is 2.79. The first-order chi connectivity index (χ1) is 15.5. The van der Waals surface area contributed by atoms with Gasteiger partial charge < -0.3 is 14.4 Å². The zero-order chi connectivity index (χ0) is 22.7. The van der Waals surface area contributed by atoms with Crippen LogP contribution >= 0.6 is 0 Å². The number of piperidine rings is 1. The van der Waals surface area contributed by atoms with Crippen molar-refractivity contribution in [1.29, 1.82) is 5.26 Å². The van der Waals surface area contributed by atoms with Gasteiger partial charge in [0.05, 0.1) is 23.3 Å². The lowest BCUT2D eigenvalue weighted by molar-refractivity contribution is 0.0520. The number of pyridine rings is 1. The Morgan fingerprint density at radius 2 is 1.97 bits per heavy atom. The van der Waals surface area contributed by atoms with E-state index >= 15 is 0 Å². The number of hydrogen-bond acceptors (Lipinski definition) is 5. The fourth-order valence-electron chi connectivity index (χ4n) is 3.89. The van der Waals surface area contributed by atoms with Gasteiger partial charge in [0.15, 0.2) is 0 Å². The topological polar surface area (TPSA) is 75.4 Å². The van der Waals surface area contributed by atoms with E-state index in [0.717, 1.165) is 5.39 Å². The van der Waals surface area contributed by atoms with Crippen molar-refractivity contribution in [2.45, 2.75) is 38.9 Å². The number of likely N-dealkylation sites (tertiary alicyclic amines) is 1. The molecule has 1 aliphatic rings. The first-order valence-electron chi connectivity index (χ1n) is 10.7. The molecule has 0 N–H and O–H groups in total. The number of hydrogen-bond donors (Lipinski definition) is 0. The summed E-state index contributed by atoms with van der Waals surface area (Å²) >= 11 is 0. The summed E-state index contributed by atoms with van der Waals surface area (Å²) in [5.74, 6) is 0.208. The summed E-state index contributed by atoms with van der Waals surface area (Å²) in [6.07, 6.45) is 2.57. The average molecular weight is 433 g/mol. The van der Waals surface area contributed by atoms with Crippen molar-refractivity contribution < 1.29 is 18.7 Å². The van der Waals surface area contributed by atoms with Gasteiger partial charge in [-0.3, -0.25) is 4.98 Å². The van der Waals surface area contributed by atoms with Gasteiger partial charge >= 0.3 is 6.09 Å². The molecule has 1 aromatic heterocycles. The highest BCUT2D eigenvalue weighted by Crippen LogP contribution is 2.34. The summed E-state index contributed by atoms with van der Waals surface area (Å²) in [5.41, 5.74) is 1.93. The number of rotatable bonds is 4. The highest BCUT2D eigenvalue weighted by Gasteiger charge is 2.26. The minimum Gasteiger partial charge on any atom is -0.490 e. The van der Waals surface area contributed by atoms with Crippen molar-refractivity contribution in [3.63, 3.8) is 0 Å². The summed E-state index contributed by atoms with van der Waals surface area (Å²) in [6.45, 7) is 4.81. The third-order valence-corrected chi connectivity index (χ3v) is 5.45. The first kappa shape index (κ1) is 21.6. The largest absolute Gasteiger partial charge is 0.490 e.